The number of nitrogens with zero attached hydrogens (tertiary/aromatic N) is 2. The van der Waals surface area contributed by atoms with Crippen molar-refractivity contribution in [1.82, 2.24) is 10.3 Å². The number of anilines is 1. The van der Waals surface area contributed by atoms with Gasteiger partial charge < -0.3 is 10.2 Å². The van der Waals surface area contributed by atoms with E-state index in [1.165, 1.54) is 18.4 Å². The molecular weight excluding hydrogens is 290 g/mol. The van der Waals surface area contributed by atoms with E-state index in [-0.39, 0.29) is 0 Å². The molecule has 0 spiro atoms. The zero-order valence-electron chi connectivity index (χ0n) is 11.2. The van der Waals surface area contributed by atoms with Crippen LogP contribution >= 0.6 is 15.9 Å². The molecule has 0 saturated carbocycles. The molecule has 0 aromatic carbocycles. The molecule has 100 valence electrons. The Balaban J connectivity index is 2.15. The normalized spacial score (nSPS) is 17.2. The van der Waals surface area contributed by atoms with Crippen LogP contribution in [0.4, 0.5) is 5.82 Å². The first-order valence-corrected chi connectivity index (χ1v) is 7.60. The van der Waals surface area contributed by atoms with Gasteiger partial charge in [0.05, 0.1) is 0 Å². The number of halogens is 1. The number of nitrogens with one attached hydrogen (secondary N) is 1. The number of piperidine rings is 1. The molecule has 1 N–H and O–H groups in total. The van der Waals surface area contributed by atoms with Crippen LogP contribution in [0.25, 0.3) is 0 Å². The van der Waals surface area contributed by atoms with Crippen LogP contribution in [-0.4, -0.2) is 24.6 Å². The third-order valence-electron chi connectivity index (χ3n) is 3.56. The fraction of sp³-hybridized carbons (Fsp3) is 0.643. The molecule has 2 rings (SSSR count). The molecule has 1 aromatic heterocycles. The summed E-state index contributed by atoms with van der Waals surface area (Å²) in [6, 6.07) is 2.18. The zero-order valence-corrected chi connectivity index (χ0v) is 12.8. The summed E-state index contributed by atoms with van der Waals surface area (Å²) in [7, 11) is 0. The molecule has 1 fully saturated rings. The molecular formula is C14H22BrN3. The highest BCUT2D eigenvalue weighted by Gasteiger charge is 2.19. The summed E-state index contributed by atoms with van der Waals surface area (Å²) in [4.78, 5) is 7.05. The molecule has 1 aromatic rings. The monoisotopic (exact) mass is 311 g/mol. The second-order valence-corrected chi connectivity index (χ2v) is 6.00. The van der Waals surface area contributed by atoms with E-state index in [0.717, 1.165) is 42.4 Å². The standard InChI is InChI=1S/C14H22BrN3/c1-3-16-9-12-8-13(15)10-17-14(12)18-6-4-11(2)5-7-18/h8,10-11,16H,3-7,9H2,1-2H3. The Morgan fingerprint density at radius 2 is 2.17 bits per heavy atom. The highest BCUT2D eigenvalue weighted by Crippen LogP contribution is 2.26. The molecule has 0 atom stereocenters. The van der Waals surface area contributed by atoms with Crippen molar-refractivity contribution in [2.75, 3.05) is 24.5 Å². The first-order chi connectivity index (χ1) is 8.70. The third kappa shape index (κ3) is 3.45. The van der Waals surface area contributed by atoms with Gasteiger partial charge in [-0.2, -0.15) is 0 Å². The van der Waals surface area contributed by atoms with Crippen LogP contribution in [0, 0.1) is 5.92 Å². The van der Waals surface area contributed by atoms with Crippen LogP contribution in [0.15, 0.2) is 16.7 Å². The molecule has 2 heterocycles. The van der Waals surface area contributed by atoms with Gasteiger partial charge in [-0.3, -0.25) is 0 Å². The molecule has 0 aliphatic carbocycles. The van der Waals surface area contributed by atoms with E-state index < -0.39 is 0 Å². The average molecular weight is 312 g/mol. The van der Waals surface area contributed by atoms with Crippen molar-refractivity contribution in [1.29, 1.82) is 0 Å². The highest BCUT2D eigenvalue weighted by atomic mass is 79.9. The average Bonchev–Trinajstić information content (AvgIpc) is 2.38. The number of aromatic nitrogens is 1. The molecule has 4 heteroatoms. The smallest absolute Gasteiger partial charge is 0.133 e. The fourth-order valence-electron chi connectivity index (χ4n) is 2.37. The van der Waals surface area contributed by atoms with Crippen molar-refractivity contribution in [2.45, 2.75) is 33.2 Å². The van der Waals surface area contributed by atoms with Crippen LogP contribution < -0.4 is 10.2 Å². The lowest BCUT2D eigenvalue weighted by Crippen LogP contribution is -2.34. The van der Waals surface area contributed by atoms with Gasteiger partial charge in [0.2, 0.25) is 0 Å². The van der Waals surface area contributed by atoms with Gasteiger partial charge in [-0.25, -0.2) is 4.98 Å². The largest absolute Gasteiger partial charge is 0.356 e. The minimum atomic E-state index is 0.855. The second kappa shape index (κ2) is 6.53. The molecule has 0 bridgehead atoms. The number of rotatable bonds is 4. The van der Waals surface area contributed by atoms with E-state index in [1.807, 2.05) is 6.20 Å². The first-order valence-electron chi connectivity index (χ1n) is 6.80. The van der Waals surface area contributed by atoms with Gasteiger partial charge in [0.15, 0.2) is 0 Å². The Morgan fingerprint density at radius 1 is 1.44 bits per heavy atom. The van der Waals surface area contributed by atoms with Gasteiger partial charge in [0, 0.05) is 35.9 Å². The van der Waals surface area contributed by atoms with E-state index >= 15 is 0 Å². The molecule has 18 heavy (non-hydrogen) atoms. The van der Waals surface area contributed by atoms with Crippen LogP contribution in [0.2, 0.25) is 0 Å². The molecule has 1 saturated heterocycles. The predicted octanol–water partition coefficient (Wildman–Crippen LogP) is 3.19. The van der Waals surface area contributed by atoms with Crippen molar-refractivity contribution in [3.63, 3.8) is 0 Å². The van der Waals surface area contributed by atoms with Crippen LogP contribution in [0.1, 0.15) is 32.3 Å². The van der Waals surface area contributed by atoms with Crippen molar-refractivity contribution >= 4 is 21.7 Å². The molecule has 0 unspecified atom stereocenters. The minimum absolute atomic E-state index is 0.855. The van der Waals surface area contributed by atoms with Crippen LogP contribution in [-0.2, 0) is 6.54 Å². The zero-order chi connectivity index (χ0) is 13.0. The van der Waals surface area contributed by atoms with Gasteiger partial charge in [-0.15, -0.1) is 0 Å². The summed E-state index contributed by atoms with van der Waals surface area (Å²) in [6.45, 7) is 8.62. The van der Waals surface area contributed by atoms with Crippen molar-refractivity contribution in [3.8, 4) is 0 Å². The lowest BCUT2D eigenvalue weighted by molar-refractivity contribution is 0.435. The maximum absolute atomic E-state index is 4.62. The Labute approximate surface area is 118 Å². The summed E-state index contributed by atoms with van der Waals surface area (Å²) in [5.74, 6) is 2.01. The maximum Gasteiger partial charge on any atom is 0.133 e. The van der Waals surface area contributed by atoms with Gasteiger partial charge in [-0.05, 0) is 47.3 Å². The topological polar surface area (TPSA) is 28.2 Å². The summed E-state index contributed by atoms with van der Waals surface area (Å²) < 4.78 is 1.06. The number of pyridine rings is 1. The van der Waals surface area contributed by atoms with Crippen LogP contribution in [0.5, 0.6) is 0 Å². The third-order valence-corrected chi connectivity index (χ3v) is 3.99. The highest BCUT2D eigenvalue weighted by molar-refractivity contribution is 9.10. The predicted molar refractivity (Wildman–Crippen MR) is 79.9 cm³/mol. The van der Waals surface area contributed by atoms with Gasteiger partial charge in [0.1, 0.15) is 5.82 Å². The lowest BCUT2D eigenvalue weighted by atomic mass is 9.99. The van der Waals surface area contributed by atoms with Gasteiger partial charge >= 0.3 is 0 Å². The number of hydrogen-bond donors (Lipinski definition) is 1. The Kier molecular flexibility index (Phi) is 5.01. The second-order valence-electron chi connectivity index (χ2n) is 5.09. The SMILES string of the molecule is CCNCc1cc(Br)cnc1N1CCC(C)CC1. The molecule has 1 aliphatic heterocycles. The van der Waals surface area contributed by atoms with Gasteiger partial charge in [0.25, 0.3) is 0 Å². The van der Waals surface area contributed by atoms with Crippen molar-refractivity contribution < 1.29 is 0 Å². The fourth-order valence-corrected chi connectivity index (χ4v) is 2.75. The van der Waals surface area contributed by atoms with E-state index in [0.29, 0.717) is 0 Å². The quantitative estimate of drug-likeness (QED) is 0.925. The maximum atomic E-state index is 4.62. The summed E-state index contributed by atoms with van der Waals surface area (Å²) >= 11 is 3.51. The summed E-state index contributed by atoms with van der Waals surface area (Å²) in [5.41, 5.74) is 1.29. The van der Waals surface area contributed by atoms with E-state index in [1.54, 1.807) is 0 Å². The van der Waals surface area contributed by atoms with Crippen molar-refractivity contribution in [2.24, 2.45) is 5.92 Å². The molecule has 1 aliphatic rings. The minimum Gasteiger partial charge on any atom is -0.356 e. The Hall–Kier alpha value is -0.610. The van der Waals surface area contributed by atoms with E-state index in [2.05, 4.69) is 51.0 Å². The Bertz CT molecular complexity index is 387. The van der Waals surface area contributed by atoms with E-state index in [4.69, 9.17) is 0 Å². The van der Waals surface area contributed by atoms with Gasteiger partial charge in [-0.1, -0.05) is 13.8 Å². The molecule has 3 nitrogen and oxygen atoms in total. The van der Waals surface area contributed by atoms with Crippen LogP contribution in [0.3, 0.4) is 0 Å². The lowest BCUT2D eigenvalue weighted by Gasteiger charge is -2.32. The first kappa shape index (κ1) is 13.8. The molecule has 0 radical (unpaired) electrons. The number of hydrogen-bond acceptors (Lipinski definition) is 3. The van der Waals surface area contributed by atoms with Crippen molar-refractivity contribution in [3.05, 3.63) is 22.3 Å². The van der Waals surface area contributed by atoms with E-state index in [9.17, 15) is 0 Å². The molecule has 0 amide bonds. The summed E-state index contributed by atoms with van der Waals surface area (Å²) in [6.07, 6.45) is 4.46. The summed E-state index contributed by atoms with van der Waals surface area (Å²) in [5, 5.41) is 3.39. The Morgan fingerprint density at radius 3 is 2.83 bits per heavy atom.